The van der Waals surface area contributed by atoms with Crippen molar-refractivity contribution in [1.82, 2.24) is 19.9 Å². The van der Waals surface area contributed by atoms with Crippen molar-refractivity contribution in [2.45, 2.75) is 44.2 Å². The number of carboxylic acids is 1. The van der Waals surface area contributed by atoms with E-state index in [9.17, 15) is 32.7 Å². The quantitative estimate of drug-likeness (QED) is 0.123. The largest absolute Gasteiger partial charge is 0.494 e. The van der Waals surface area contributed by atoms with E-state index < -0.39 is 39.9 Å². The molecule has 0 saturated carbocycles. The average molecular weight is 631 g/mol. The molecule has 238 valence electrons. The lowest BCUT2D eigenvalue weighted by Crippen LogP contribution is -2.49. The lowest BCUT2D eigenvalue weighted by atomic mass is 10.1. The predicted molar refractivity (Wildman–Crippen MR) is 164 cm³/mol. The van der Waals surface area contributed by atoms with Gasteiger partial charge >= 0.3 is 5.97 Å². The molecule has 1 aromatic heterocycles. The molecule has 14 nitrogen and oxygen atoms in total. The minimum atomic E-state index is -4.37. The number of aliphatic carboxylic acids is 1. The first-order valence-electron chi connectivity index (χ1n) is 13.9. The number of fused-ring (bicyclic) bond motifs is 1. The van der Waals surface area contributed by atoms with Gasteiger partial charge in [-0.1, -0.05) is 6.07 Å². The second kappa shape index (κ2) is 14.9. The Kier molecular flexibility index (Phi) is 11.6. The summed E-state index contributed by atoms with van der Waals surface area (Å²) < 4.78 is 36.0. The number of hydrogen-bond donors (Lipinski definition) is 6. The monoisotopic (exact) mass is 630 g/mol. The summed E-state index contributed by atoms with van der Waals surface area (Å²) in [6.07, 6.45) is 2.00. The zero-order valence-corrected chi connectivity index (χ0v) is 25.6. The fourth-order valence-electron chi connectivity index (χ4n) is 4.67. The minimum absolute atomic E-state index is 0.135. The summed E-state index contributed by atoms with van der Waals surface area (Å²) in [6.45, 7) is 3.67. The van der Waals surface area contributed by atoms with Gasteiger partial charge in [-0.15, -0.1) is 0 Å². The molecule has 0 aliphatic carbocycles. The summed E-state index contributed by atoms with van der Waals surface area (Å²) in [5, 5.41) is 15.0. The van der Waals surface area contributed by atoms with Crippen molar-refractivity contribution in [3.05, 3.63) is 69.0 Å². The molecule has 8 N–H and O–H groups in total. The predicted octanol–water partition coefficient (Wildman–Crippen LogP) is 0.00944. The zero-order chi connectivity index (χ0) is 32.6. The third kappa shape index (κ3) is 8.41. The van der Waals surface area contributed by atoms with E-state index >= 15 is 0 Å². The number of aromatic nitrogens is 1. The molecule has 0 spiro atoms. The Morgan fingerprint density at radius 2 is 1.75 bits per heavy atom. The van der Waals surface area contributed by atoms with Gasteiger partial charge in [-0.3, -0.25) is 19.2 Å². The third-order valence-electron chi connectivity index (χ3n) is 6.78. The van der Waals surface area contributed by atoms with Gasteiger partial charge < -0.3 is 36.5 Å². The van der Waals surface area contributed by atoms with Gasteiger partial charge in [0.05, 0.1) is 17.0 Å². The number of amides is 2. The van der Waals surface area contributed by atoms with E-state index in [2.05, 4.69) is 15.4 Å². The fraction of sp³-hybridized carbons (Fsp3) is 0.379. The molecule has 0 unspecified atom stereocenters. The first kappa shape index (κ1) is 34.2. The standard InChI is InChI=1S/C29H38N6O8S/c1-17-11-20(43-10-4-5-25(36)32-9-8-30)12-18(2)27(17)44(41,42)34-23(29(39)40)15-33-28(38)22-16-35(3)24-13-19(14-31)6-7-21(24)26(22)37/h6-7,11-13,16,23,34H,4-5,8-10,14-15,30-31H2,1-3H3,(H,32,36)(H,33,38)(H,39,40)/t23-/m0/s1. The smallest absolute Gasteiger partial charge is 0.323 e. The maximum Gasteiger partial charge on any atom is 0.323 e. The van der Waals surface area contributed by atoms with Crippen LogP contribution in [0.25, 0.3) is 10.9 Å². The molecule has 1 atom stereocenters. The van der Waals surface area contributed by atoms with Gasteiger partial charge in [0, 0.05) is 51.2 Å². The molecule has 15 heteroatoms. The van der Waals surface area contributed by atoms with Gasteiger partial charge in [0.15, 0.2) is 0 Å². The third-order valence-corrected chi connectivity index (χ3v) is 8.56. The van der Waals surface area contributed by atoms with Gasteiger partial charge in [0.25, 0.3) is 5.91 Å². The molecule has 44 heavy (non-hydrogen) atoms. The number of benzene rings is 2. The summed E-state index contributed by atoms with van der Waals surface area (Å²) in [6, 6.07) is 6.24. The second-order valence-electron chi connectivity index (χ2n) is 10.2. The Morgan fingerprint density at radius 1 is 1.07 bits per heavy atom. The van der Waals surface area contributed by atoms with Gasteiger partial charge in [0.1, 0.15) is 17.4 Å². The second-order valence-corrected chi connectivity index (χ2v) is 11.9. The highest BCUT2D eigenvalue weighted by Crippen LogP contribution is 2.26. The number of pyridine rings is 1. The van der Waals surface area contributed by atoms with Crippen LogP contribution in [0.2, 0.25) is 0 Å². The van der Waals surface area contributed by atoms with Crippen molar-refractivity contribution < 1.29 is 32.6 Å². The van der Waals surface area contributed by atoms with Crippen LogP contribution >= 0.6 is 0 Å². The van der Waals surface area contributed by atoms with Gasteiger partial charge in [-0.25, -0.2) is 8.42 Å². The van der Waals surface area contributed by atoms with Crippen molar-refractivity contribution >= 4 is 38.7 Å². The molecule has 0 radical (unpaired) electrons. The highest BCUT2D eigenvalue weighted by Gasteiger charge is 2.29. The van der Waals surface area contributed by atoms with Crippen molar-refractivity contribution in [2.75, 3.05) is 26.2 Å². The highest BCUT2D eigenvalue weighted by molar-refractivity contribution is 7.89. The topological polar surface area (TPSA) is 225 Å². The Labute approximate surface area is 254 Å². The Bertz CT molecular complexity index is 1700. The average Bonchev–Trinajstić information content (AvgIpc) is 2.97. The van der Waals surface area contributed by atoms with E-state index in [1.54, 1.807) is 29.8 Å². The maximum absolute atomic E-state index is 13.3. The summed E-state index contributed by atoms with van der Waals surface area (Å²) in [5.41, 5.74) is 12.2. The first-order valence-corrected chi connectivity index (χ1v) is 15.3. The van der Waals surface area contributed by atoms with Crippen LogP contribution in [-0.2, 0) is 33.2 Å². The van der Waals surface area contributed by atoms with Crippen LogP contribution in [0.3, 0.4) is 0 Å². The number of aryl methyl sites for hydroxylation is 3. The van der Waals surface area contributed by atoms with Crippen LogP contribution < -0.4 is 37.0 Å². The van der Waals surface area contributed by atoms with E-state index in [0.717, 1.165) is 5.56 Å². The van der Waals surface area contributed by atoms with Crippen LogP contribution in [0.4, 0.5) is 0 Å². The SMILES string of the molecule is Cc1cc(OCCCC(=O)NCCN)cc(C)c1S(=O)(=O)N[C@@H](CNC(=O)c1cn(C)c2cc(CN)ccc2c1=O)C(=O)O. The summed E-state index contributed by atoms with van der Waals surface area (Å²) in [5.74, 6) is -2.14. The van der Waals surface area contributed by atoms with Crippen LogP contribution in [0.1, 0.15) is 39.9 Å². The minimum Gasteiger partial charge on any atom is -0.494 e. The number of carbonyl (C=O) groups is 3. The number of hydrogen-bond acceptors (Lipinski definition) is 9. The molecule has 3 aromatic rings. The Morgan fingerprint density at radius 3 is 2.36 bits per heavy atom. The number of rotatable bonds is 15. The van der Waals surface area contributed by atoms with Crippen molar-refractivity contribution in [3.63, 3.8) is 0 Å². The Hall–Kier alpha value is -4.31. The van der Waals surface area contributed by atoms with Gasteiger partial charge in [0.2, 0.25) is 21.4 Å². The van der Waals surface area contributed by atoms with Crippen LogP contribution in [-0.4, -0.2) is 68.2 Å². The van der Waals surface area contributed by atoms with Gasteiger partial charge in [-0.2, -0.15) is 4.72 Å². The summed E-state index contributed by atoms with van der Waals surface area (Å²) in [7, 11) is -2.72. The molecular formula is C29H38N6O8S. The zero-order valence-electron chi connectivity index (χ0n) is 24.8. The number of nitrogens with one attached hydrogen (secondary N) is 3. The number of sulfonamides is 1. The first-order chi connectivity index (χ1) is 20.8. The number of nitrogens with two attached hydrogens (primary N) is 2. The number of nitrogens with zero attached hydrogens (tertiary/aromatic N) is 1. The van der Waals surface area contributed by atoms with Crippen LogP contribution in [0, 0.1) is 13.8 Å². The molecule has 2 amide bonds. The molecule has 0 fully saturated rings. The lowest BCUT2D eigenvalue weighted by molar-refractivity contribution is -0.138. The number of ether oxygens (including phenoxy) is 1. The normalized spacial score (nSPS) is 12.1. The molecule has 0 bridgehead atoms. The van der Waals surface area contributed by atoms with E-state index in [0.29, 0.717) is 41.9 Å². The van der Waals surface area contributed by atoms with E-state index in [1.807, 2.05) is 0 Å². The molecule has 0 aliphatic heterocycles. The Balaban J connectivity index is 1.70. The molecule has 1 heterocycles. The fourth-order valence-corrected chi connectivity index (χ4v) is 6.31. The van der Waals surface area contributed by atoms with E-state index in [4.69, 9.17) is 16.2 Å². The number of carbonyl (C=O) groups excluding carboxylic acids is 2. The number of carboxylic acid groups (broad SMARTS) is 1. The molecule has 2 aromatic carbocycles. The van der Waals surface area contributed by atoms with Crippen molar-refractivity contribution in [2.24, 2.45) is 18.5 Å². The summed E-state index contributed by atoms with van der Waals surface area (Å²) >= 11 is 0. The summed E-state index contributed by atoms with van der Waals surface area (Å²) in [4.78, 5) is 49.5. The molecule has 0 aliphatic rings. The van der Waals surface area contributed by atoms with Gasteiger partial charge in [-0.05, 0) is 61.2 Å². The van der Waals surface area contributed by atoms with Crippen molar-refractivity contribution in [3.8, 4) is 5.75 Å². The van der Waals surface area contributed by atoms with Crippen molar-refractivity contribution in [1.29, 1.82) is 0 Å². The van der Waals surface area contributed by atoms with Crippen LogP contribution in [0.5, 0.6) is 5.75 Å². The highest BCUT2D eigenvalue weighted by atomic mass is 32.2. The lowest BCUT2D eigenvalue weighted by Gasteiger charge is -2.19. The molecule has 3 rings (SSSR count). The maximum atomic E-state index is 13.3. The van der Waals surface area contributed by atoms with E-state index in [1.165, 1.54) is 32.2 Å². The molecular weight excluding hydrogens is 592 g/mol. The molecule has 0 saturated heterocycles. The van der Waals surface area contributed by atoms with Crippen LogP contribution in [0.15, 0.2) is 46.2 Å². The van der Waals surface area contributed by atoms with E-state index in [-0.39, 0.29) is 41.3 Å².